The molecule has 110 heavy (non-hydrogen) atoms. The molecule has 0 heterocycles. The van der Waals surface area contributed by atoms with Crippen molar-refractivity contribution in [1.82, 2.24) is 0 Å². The summed E-state index contributed by atoms with van der Waals surface area (Å²) in [6.45, 7) is 4.50. The van der Waals surface area contributed by atoms with Crippen LogP contribution in [0.1, 0.15) is 310 Å². The highest BCUT2D eigenvalue weighted by Crippen LogP contribution is 2.45. The second-order valence-electron chi connectivity index (χ2n) is 27.3. The standard InChI is InChI=1S/C91H148O17P2/c1-5-9-13-17-21-25-29-33-37-40-42-45-48-52-56-60-64-68-72-76-89(94)102-82-87(108-91(96)78-74-70-66-62-58-54-50-46-43-41-38-34-30-26-22-18-14-10-6-2)84-106-110(99,100)104-80-85(92)79-103-109(97,98)105-83-86(81-101-88(93)75-71-67-63-59-55-51-47-36-32-28-24-20-16-12-8-4)107-90(95)77-73-69-65-61-57-53-49-44-39-35-31-27-23-19-15-11-7-3/h10,14,21-23,25-27,33-39,42-43,45-47,49,52-54,56,58,61,64-65,68,85-87,92H,5-9,11-13,15-20,24,28-32,40-41,44,48,50-51,55,57,59-60,62-63,66-67,69-84H2,1-4H3,(H,97,98)(H,99,100)/b14-10-,25-21-,26-22-,27-23-,37-33-,38-34-,39-35-,45-42-,46-43-,47-36-,53-49-,56-52-,58-54-,65-61-,68-64-/t85-,86+,87+/m0/s1. The van der Waals surface area contributed by atoms with Crippen LogP contribution in [0.5, 0.6) is 0 Å². The monoisotopic (exact) mass is 1580 g/mol. The molecule has 0 aromatic rings. The van der Waals surface area contributed by atoms with E-state index < -0.39 is 97.5 Å². The topological polar surface area (TPSA) is 237 Å². The average Bonchev–Trinajstić information content (AvgIpc) is 0.899. The minimum atomic E-state index is -5.02. The SMILES string of the molecule is CC/C=C\C/C=C\C/C=C\C/C=C\C/C=C\CCCCCC(=O)O[C@H](COC(=O)CC/C=C\C/C=C\C/C=C\C/C=C\C/C=C\CCCCC)COP(=O)(O)OC[C@@H](O)COP(=O)(O)OC[C@@H](COC(=O)CCCCCCC/C=C\CCCCCCCC)OC(=O)CCC/C=C\C/C=C\C/C=C\C/C=C\CCCCC. The summed E-state index contributed by atoms with van der Waals surface area (Å²) >= 11 is 0. The molecule has 0 aromatic heterocycles. The Kier molecular flexibility index (Phi) is 76.9. The summed E-state index contributed by atoms with van der Waals surface area (Å²) in [4.78, 5) is 73.1. The first-order valence-electron chi connectivity index (χ1n) is 42.0. The molecule has 0 rings (SSSR count). The van der Waals surface area contributed by atoms with Gasteiger partial charge in [-0.25, -0.2) is 9.13 Å². The zero-order chi connectivity index (χ0) is 80.3. The molecular formula is C91H148O17P2. The van der Waals surface area contributed by atoms with Crippen LogP contribution in [-0.2, 0) is 65.4 Å². The lowest BCUT2D eigenvalue weighted by molar-refractivity contribution is -0.161. The van der Waals surface area contributed by atoms with Gasteiger partial charge in [-0.1, -0.05) is 293 Å². The van der Waals surface area contributed by atoms with Gasteiger partial charge in [0.1, 0.15) is 19.3 Å². The second kappa shape index (κ2) is 81.2. The van der Waals surface area contributed by atoms with Gasteiger partial charge in [-0.3, -0.25) is 37.3 Å². The molecule has 0 saturated carbocycles. The summed E-state index contributed by atoms with van der Waals surface area (Å²) in [5.41, 5.74) is 0. The fraction of sp³-hybridized carbons (Fsp3) is 0.626. The predicted molar refractivity (Wildman–Crippen MR) is 454 cm³/mol. The summed E-state index contributed by atoms with van der Waals surface area (Å²) in [5, 5.41) is 10.7. The number of aliphatic hydroxyl groups is 1. The molecule has 0 fully saturated rings. The van der Waals surface area contributed by atoms with Crippen molar-refractivity contribution < 1.29 is 80.2 Å². The van der Waals surface area contributed by atoms with Gasteiger partial charge < -0.3 is 33.8 Å². The lowest BCUT2D eigenvalue weighted by Gasteiger charge is -2.21. The molecule has 0 radical (unpaired) electrons. The van der Waals surface area contributed by atoms with E-state index in [2.05, 4.69) is 180 Å². The van der Waals surface area contributed by atoms with E-state index in [1.165, 1.54) is 77.0 Å². The Morgan fingerprint density at radius 3 is 0.855 bits per heavy atom. The zero-order valence-electron chi connectivity index (χ0n) is 68.4. The number of hydrogen-bond donors (Lipinski definition) is 3. The molecule has 2 unspecified atom stereocenters. The summed E-state index contributed by atoms with van der Waals surface area (Å²) in [5.74, 6) is -2.40. The van der Waals surface area contributed by atoms with Gasteiger partial charge in [0, 0.05) is 25.7 Å². The van der Waals surface area contributed by atoms with E-state index in [1.807, 2.05) is 30.4 Å². The number of unbranched alkanes of at least 4 members (excludes halogenated alkanes) is 21. The summed E-state index contributed by atoms with van der Waals surface area (Å²) in [6, 6.07) is 0. The number of hydrogen-bond acceptors (Lipinski definition) is 15. The van der Waals surface area contributed by atoms with Gasteiger partial charge in [0.05, 0.1) is 26.4 Å². The molecule has 0 amide bonds. The fourth-order valence-corrected chi connectivity index (χ4v) is 12.0. The quantitative estimate of drug-likeness (QED) is 0.0169. The van der Waals surface area contributed by atoms with Gasteiger partial charge in [-0.2, -0.15) is 0 Å². The van der Waals surface area contributed by atoms with Gasteiger partial charge in [0.15, 0.2) is 12.2 Å². The van der Waals surface area contributed by atoms with Crippen molar-refractivity contribution in [1.29, 1.82) is 0 Å². The first-order valence-corrected chi connectivity index (χ1v) is 45.0. The van der Waals surface area contributed by atoms with Crippen LogP contribution in [0.2, 0.25) is 0 Å². The Hall–Kier alpha value is -5.84. The summed E-state index contributed by atoms with van der Waals surface area (Å²) in [6.07, 6.45) is 98.8. The molecular weight excluding hydrogens is 1430 g/mol. The van der Waals surface area contributed by atoms with Gasteiger partial charge in [-0.05, 0) is 173 Å². The number of esters is 4. The van der Waals surface area contributed by atoms with E-state index in [9.17, 15) is 43.2 Å². The van der Waals surface area contributed by atoms with E-state index >= 15 is 0 Å². The molecule has 624 valence electrons. The third-order valence-corrected chi connectivity index (χ3v) is 18.7. The van der Waals surface area contributed by atoms with Crippen LogP contribution in [-0.4, -0.2) is 96.7 Å². The maximum Gasteiger partial charge on any atom is 0.472 e. The molecule has 5 atom stereocenters. The first kappa shape index (κ1) is 104. The molecule has 0 aromatic carbocycles. The van der Waals surface area contributed by atoms with Crippen LogP contribution in [0.15, 0.2) is 182 Å². The van der Waals surface area contributed by atoms with Gasteiger partial charge in [-0.15, -0.1) is 0 Å². The Labute approximate surface area is 666 Å². The highest BCUT2D eigenvalue weighted by atomic mass is 31.2. The minimum absolute atomic E-state index is 0.00942. The molecule has 0 bridgehead atoms. The van der Waals surface area contributed by atoms with Crippen molar-refractivity contribution in [2.24, 2.45) is 0 Å². The second-order valence-corrected chi connectivity index (χ2v) is 30.2. The number of phosphoric acid groups is 2. The van der Waals surface area contributed by atoms with Gasteiger partial charge in [0.2, 0.25) is 0 Å². The lowest BCUT2D eigenvalue weighted by atomic mass is 10.1. The Balaban J connectivity index is 5.56. The number of allylic oxidation sites excluding steroid dienone is 30. The number of carbonyl (C=O) groups is 4. The van der Waals surface area contributed by atoms with Gasteiger partial charge in [0.25, 0.3) is 0 Å². The van der Waals surface area contributed by atoms with Crippen LogP contribution in [0, 0.1) is 0 Å². The van der Waals surface area contributed by atoms with E-state index in [1.54, 1.807) is 0 Å². The molecule has 0 aliphatic rings. The molecule has 19 heteroatoms. The Bertz CT molecular complexity index is 2800. The number of aliphatic hydroxyl groups excluding tert-OH is 1. The first-order chi connectivity index (χ1) is 53.7. The lowest BCUT2D eigenvalue weighted by Crippen LogP contribution is -2.30. The number of rotatable bonds is 77. The predicted octanol–water partition coefficient (Wildman–Crippen LogP) is 25.1. The number of carbonyl (C=O) groups excluding carboxylic acids is 4. The van der Waals surface area contributed by atoms with Crippen molar-refractivity contribution in [3.8, 4) is 0 Å². The summed E-state index contributed by atoms with van der Waals surface area (Å²) in [7, 11) is -10.0. The van der Waals surface area contributed by atoms with E-state index in [4.69, 9.17) is 37.0 Å². The van der Waals surface area contributed by atoms with Crippen LogP contribution in [0.25, 0.3) is 0 Å². The molecule has 3 N–H and O–H groups in total. The van der Waals surface area contributed by atoms with E-state index in [0.29, 0.717) is 38.5 Å². The van der Waals surface area contributed by atoms with Crippen molar-refractivity contribution in [3.63, 3.8) is 0 Å². The van der Waals surface area contributed by atoms with Gasteiger partial charge >= 0.3 is 39.5 Å². The van der Waals surface area contributed by atoms with Crippen molar-refractivity contribution >= 4 is 39.5 Å². The maximum atomic E-state index is 13.1. The third-order valence-electron chi connectivity index (χ3n) is 16.8. The Morgan fingerprint density at radius 2 is 0.500 bits per heavy atom. The smallest absolute Gasteiger partial charge is 0.462 e. The van der Waals surface area contributed by atoms with Crippen LogP contribution < -0.4 is 0 Å². The van der Waals surface area contributed by atoms with Crippen molar-refractivity contribution in [3.05, 3.63) is 182 Å². The maximum absolute atomic E-state index is 13.1. The highest BCUT2D eigenvalue weighted by Gasteiger charge is 2.30. The van der Waals surface area contributed by atoms with E-state index in [0.717, 1.165) is 141 Å². The van der Waals surface area contributed by atoms with Crippen molar-refractivity contribution in [2.45, 2.75) is 329 Å². The molecule has 0 spiro atoms. The molecule has 0 aliphatic carbocycles. The number of ether oxygens (including phenoxy) is 4. The molecule has 0 saturated heterocycles. The summed E-state index contributed by atoms with van der Waals surface area (Å²) < 4.78 is 68.6. The molecule has 0 aliphatic heterocycles. The normalized spacial score (nSPS) is 14.7. The van der Waals surface area contributed by atoms with Crippen LogP contribution in [0.4, 0.5) is 0 Å². The highest BCUT2D eigenvalue weighted by molar-refractivity contribution is 7.47. The third kappa shape index (κ3) is 80.2. The minimum Gasteiger partial charge on any atom is -0.462 e. The van der Waals surface area contributed by atoms with Crippen LogP contribution >= 0.6 is 15.6 Å². The van der Waals surface area contributed by atoms with Crippen LogP contribution in [0.3, 0.4) is 0 Å². The molecule has 17 nitrogen and oxygen atoms in total. The average molecular weight is 1580 g/mol. The zero-order valence-corrected chi connectivity index (χ0v) is 70.1. The number of phosphoric ester groups is 2. The fourth-order valence-electron chi connectivity index (χ4n) is 10.5. The van der Waals surface area contributed by atoms with Crippen molar-refractivity contribution in [2.75, 3.05) is 39.6 Å². The Morgan fingerprint density at radius 1 is 0.264 bits per heavy atom. The largest absolute Gasteiger partial charge is 0.472 e. The van der Waals surface area contributed by atoms with E-state index in [-0.39, 0.29) is 25.7 Å².